The molecule has 66 valence electrons. The Kier molecular flexibility index (Phi) is 2.82. The Morgan fingerprint density at radius 1 is 1.69 bits per heavy atom. The molecule has 1 rings (SSSR count). The third-order valence-electron chi connectivity index (χ3n) is 1.29. The molecular formula is C8H7N3O2. The van der Waals surface area contributed by atoms with Gasteiger partial charge < -0.3 is 10.3 Å². The van der Waals surface area contributed by atoms with Gasteiger partial charge in [0, 0.05) is 18.3 Å². The molecule has 0 fully saturated rings. The molecule has 1 amide bonds. The van der Waals surface area contributed by atoms with Crippen molar-refractivity contribution in [2.24, 2.45) is 0 Å². The van der Waals surface area contributed by atoms with Crippen LogP contribution in [0.1, 0.15) is 6.42 Å². The smallest absolute Gasteiger partial charge is 0.239 e. The average Bonchev–Trinajstić information content (AvgIpc) is 2.04. The zero-order chi connectivity index (χ0) is 9.68. The summed E-state index contributed by atoms with van der Waals surface area (Å²) < 4.78 is 0. The quantitative estimate of drug-likeness (QED) is 0.677. The summed E-state index contributed by atoms with van der Waals surface area (Å²) in [5.74, 6) is -0.142. The molecule has 0 aliphatic rings. The molecule has 1 heterocycles. The van der Waals surface area contributed by atoms with E-state index in [0.29, 0.717) is 5.82 Å². The molecule has 0 saturated heterocycles. The van der Waals surface area contributed by atoms with Crippen LogP contribution in [0.15, 0.2) is 23.1 Å². The van der Waals surface area contributed by atoms with Gasteiger partial charge in [0.05, 0.1) is 6.07 Å². The van der Waals surface area contributed by atoms with E-state index in [0.717, 1.165) is 0 Å². The third-order valence-corrected chi connectivity index (χ3v) is 1.29. The van der Waals surface area contributed by atoms with Gasteiger partial charge in [-0.25, -0.2) is 0 Å². The Labute approximate surface area is 74.0 Å². The Bertz CT molecular complexity index is 402. The number of aromatic amines is 1. The van der Waals surface area contributed by atoms with Crippen molar-refractivity contribution in [2.75, 3.05) is 5.32 Å². The van der Waals surface area contributed by atoms with E-state index >= 15 is 0 Å². The van der Waals surface area contributed by atoms with Gasteiger partial charge in [-0.05, 0) is 0 Å². The van der Waals surface area contributed by atoms with E-state index in [4.69, 9.17) is 5.26 Å². The number of hydrogen-bond donors (Lipinski definition) is 2. The predicted molar refractivity (Wildman–Crippen MR) is 45.9 cm³/mol. The van der Waals surface area contributed by atoms with Crippen molar-refractivity contribution < 1.29 is 4.79 Å². The van der Waals surface area contributed by atoms with Gasteiger partial charge in [0.1, 0.15) is 12.2 Å². The van der Waals surface area contributed by atoms with E-state index in [2.05, 4.69) is 10.3 Å². The fourth-order valence-electron chi connectivity index (χ4n) is 0.784. The number of nitrogens with one attached hydrogen (secondary N) is 2. The molecule has 0 spiro atoms. The fraction of sp³-hybridized carbons (Fsp3) is 0.125. The zero-order valence-corrected chi connectivity index (χ0v) is 6.70. The number of pyridine rings is 1. The first-order valence-electron chi connectivity index (χ1n) is 3.58. The monoisotopic (exact) mass is 177 g/mol. The molecule has 5 nitrogen and oxygen atoms in total. The van der Waals surface area contributed by atoms with Crippen LogP contribution < -0.4 is 10.7 Å². The number of hydrogen-bond acceptors (Lipinski definition) is 3. The maximum atomic E-state index is 10.9. The lowest BCUT2D eigenvalue weighted by molar-refractivity contribution is -0.115. The number of anilines is 1. The second kappa shape index (κ2) is 4.07. The van der Waals surface area contributed by atoms with Crippen LogP contribution in [0.3, 0.4) is 0 Å². The first kappa shape index (κ1) is 9.00. The van der Waals surface area contributed by atoms with Crippen molar-refractivity contribution in [3.63, 3.8) is 0 Å². The second-order valence-electron chi connectivity index (χ2n) is 2.32. The molecule has 0 aliphatic carbocycles. The standard InChI is InChI=1S/C8H7N3O2/c9-3-1-8(13)11-7-5-6(12)2-4-10-7/h2,4-5H,1H2,(H2,10,11,12,13). The van der Waals surface area contributed by atoms with E-state index in [-0.39, 0.29) is 11.8 Å². The summed E-state index contributed by atoms with van der Waals surface area (Å²) in [5, 5.41) is 10.6. The number of nitrogens with zero attached hydrogens (tertiary/aromatic N) is 1. The van der Waals surface area contributed by atoms with Gasteiger partial charge in [0.15, 0.2) is 5.43 Å². The highest BCUT2D eigenvalue weighted by Gasteiger charge is 2.00. The van der Waals surface area contributed by atoms with Gasteiger partial charge in [0.2, 0.25) is 5.91 Å². The molecule has 0 saturated carbocycles. The van der Waals surface area contributed by atoms with Gasteiger partial charge >= 0.3 is 0 Å². The van der Waals surface area contributed by atoms with Crippen molar-refractivity contribution >= 4 is 11.7 Å². The molecule has 5 heteroatoms. The van der Waals surface area contributed by atoms with Crippen molar-refractivity contribution in [1.82, 2.24) is 4.98 Å². The minimum absolute atomic E-state index is 0.203. The first-order valence-corrected chi connectivity index (χ1v) is 3.58. The summed E-state index contributed by atoms with van der Waals surface area (Å²) in [7, 11) is 0. The molecule has 0 radical (unpaired) electrons. The van der Waals surface area contributed by atoms with Crippen LogP contribution in [0, 0.1) is 11.3 Å². The average molecular weight is 177 g/mol. The van der Waals surface area contributed by atoms with Crippen molar-refractivity contribution in [2.45, 2.75) is 6.42 Å². The summed E-state index contributed by atoms with van der Waals surface area (Å²) in [6.45, 7) is 0. The Balaban J connectivity index is 2.70. The number of H-pyrrole nitrogens is 1. The fourth-order valence-corrected chi connectivity index (χ4v) is 0.784. The lowest BCUT2D eigenvalue weighted by Crippen LogP contribution is -2.13. The highest BCUT2D eigenvalue weighted by Crippen LogP contribution is 1.96. The van der Waals surface area contributed by atoms with E-state index in [1.54, 1.807) is 6.07 Å². The van der Waals surface area contributed by atoms with Gasteiger partial charge in [0.25, 0.3) is 0 Å². The van der Waals surface area contributed by atoms with E-state index in [9.17, 15) is 9.59 Å². The first-order chi connectivity index (χ1) is 6.22. The lowest BCUT2D eigenvalue weighted by Gasteiger charge is -2.00. The molecule has 0 aliphatic heterocycles. The SMILES string of the molecule is N#CCC(=O)Nc1cc(=O)cc[nH]1. The normalized spacial score (nSPS) is 8.85. The Morgan fingerprint density at radius 2 is 2.46 bits per heavy atom. The number of carbonyl (C=O) groups is 1. The zero-order valence-electron chi connectivity index (χ0n) is 6.70. The maximum Gasteiger partial charge on any atom is 0.239 e. The van der Waals surface area contributed by atoms with Crippen LogP contribution in [0.25, 0.3) is 0 Å². The number of nitriles is 1. The largest absolute Gasteiger partial charge is 0.348 e. The number of amides is 1. The number of carbonyl (C=O) groups excluding carboxylic acids is 1. The highest BCUT2D eigenvalue weighted by molar-refractivity contribution is 5.91. The van der Waals surface area contributed by atoms with Crippen molar-refractivity contribution in [3.05, 3.63) is 28.6 Å². The van der Waals surface area contributed by atoms with Crippen LogP contribution in [0.5, 0.6) is 0 Å². The van der Waals surface area contributed by atoms with Crippen LogP contribution in [0.2, 0.25) is 0 Å². The number of aromatic nitrogens is 1. The van der Waals surface area contributed by atoms with Crippen LogP contribution >= 0.6 is 0 Å². The van der Waals surface area contributed by atoms with Gasteiger partial charge in [-0.15, -0.1) is 0 Å². The van der Waals surface area contributed by atoms with E-state index in [1.807, 2.05) is 0 Å². The molecule has 0 atom stereocenters. The van der Waals surface area contributed by atoms with Crippen LogP contribution in [-0.2, 0) is 4.79 Å². The van der Waals surface area contributed by atoms with Gasteiger partial charge in [-0.3, -0.25) is 9.59 Å². The molecule has 2 N–H and O–H groups in total. The molecule has 0 aromatic carbocycles. The van der Waals surface area contributed by atoms with Crippen LogP contribution in [-0.4, -0.2) is 10.9 Å². The summed E-state index contributed by atoms with van der Waals surface area (Å²) in [6, 6.07) is 4.28. The van der Waals surface area contributed by atoms with Crippen molar-refractivity contribution in [1.29, 1.82) is 5.26 Å². The van der Waals surface area contributed by atoms with Crippen LogP contribution in [0.4, 0.5) is 5.82 Å². The van der Waals surface area contributed by atoms with E-state index in [1.165, 1.54) is 18.3 Å². The lowest BCUT2D eigenvalue weighted by atomic mass is 10.4. The van der Waals surface area contributed by atoms with Gasteiger partial charge in [-0.1, -0.05) is 0 Å². The topological polar surface area (TPSA) is 85.8 Å². The van der Waals surface area contributed by atoms with Gasteiger partial charge in [-0.2, -0.15) is 5.26 Å². The maximum absolute atomic E-state index is 10.9. The Morgan fingerprint density at radius 3 is 3.08 bits per heavy atom. The molecule has 1 aromatic heterocycles. The third kappa shape index (κ3) is 2.79. The summed E-state index contributed by atoms with van der Waals surface area (Å²) in [6.07, 6.45) is 1.20. The molecule has 0 bridgehead atoms. The molecular weight excluding hydrogens is 170 g/mol. The second-order valence-corrected chi connectivity index (χ2v) is 2.32. The summed E-state index contributed by atoms with van der Waals surface area (Å²) >= 11 is 0. The predicted octanol–water partition coefficient (Wildman–Crippen LogP) is 0.227. The molecule has 13 heavy (non-hydrogen) atoms. The van der Waals surface area contributed by atoms with E-state index < -0.39 is 5.91 Å². The van der Waals surface area contributed by atoms with Crippen molar-refractivity contribution in [3.8, 4) is 6.07 Å². The minimum Gasteiger partial charge on any atom is -0.348 e. The molecule has 0 unspecified atom stereocenters. The summed E-state index contributed by atoms with van der Waals surface area (Å²) in [5.41, 5.74) is -0.203. The number of rotatable bonds is 2. The summed E-state index contributed by atoms with van der Waals surface area (Å²) in [4.78, 5) is 24.3. The molecule has 1 aromatic rings. The Hall–Kier alpha value is -2.09. The minimum atomic E-state index is -0.440. The highest BCUT2D eigenvalue weighted by atomic mass is 16.1.